The molecule has 1 aliphatic carbocycles. The molecule has 0 radical (unpaired) electrons. The van der Waals surface area contributed by atoms with E-state index in [1.807, 2.05) is 0 Å². The van der Waals surface area contributed by atoms with Gasteiger partial charge in [0.2, 0.25) is 0 Å². The molecule has 112 valence electrons. The zero-order chi connectivity index (χ0) is 14.9. The molecular formula is C18H30N2. The van der Waals surface area contributed by atoms with Crippen molar-refractivity contribution in [2.75, 3.05) is 0 Å². The van der Waals surface area contributed by atoms with Crippen molar-refractivity contribution in [2.24, 2.45) is 11.8 Å². The molecular weight excluding hydrogens is 244 g/mol. The van der Waals surface area contributed by atoms with Crippen LogP contribution in [0.2, 0.25) is 0 Å². The Bertz CT molecular complexity index is 444. The van der Waals surface area contributed by atoms with Gasteiger partial charge in [-0.1, -0.05) is 45.7 Å². The second kappa shape index (κ2) is 5.87. The number of hydrogen-bond donors (Lipinski definition) is 2. The third-order valence-corrected chi connectivity index (χ3v) is 4.56. The van der Waals surface area contributed by atoms with E-state index in [1.54, 1.807) is 0 Å². The van der Waals surface area contributed by atoms with Gasteiger partial charge in [0.05, 0.1) is 0 Å². The lowest BCUT2D eigenvalue weighted by Crippen LogP contribution is -2.37. The van der Waals surface area contributed by atoms with E-state index in [1.165, 1.54) is 41.5 Å². The molecule has 1 fully saturated rings. The second-order valence-electron chi connectivity index (χ2n) is 7.59. The average Bonchev–Trinajstić information content (AvgIpc) is 3.14. The van der Waals surface area contributed by atoms with Crippen LogP contribution in [0.5, 0.6) is 0 Å². The lowest BCUT2D eigenvalue weighted by atomic mass is 9.82. The summed E-state index contributed by atoms with van der Waals surface area (Å²) in [6.07, 6.45) is 5.05. The Labute approximate surface area is 124 Å². The van der Waals surface area contributed by atoms with E-state index in [0.29, 0.717) is 6.04 Å². The molecule has 3 N–H and O–H groups in total. The highest BCUT2D eigenvalue weighted by atomic mass is 15.2. The van der Waals surface area contributed by atoms with Gasteiger partial charge in [-0.05, 0) is 60.3 Å². The van der Waals surface area contributed by atoms with Gasteiger partial charge in [0, 0.05) is 6.04 Å². The SMILES string of the molecule is Cc1cc(C(C)(C)C)cc(C)c1CC(CC1CC1)NN. The third-order valence-electron chi connectivity index (χ3n) is 4.56. The zero-order valence-corrected chi connectivity index (χ0v) is 13.7. The summed E-state index contributed by atoms with van der Waals surface area (Å²) in [4.78, 5) is 0. The molecule has 0 aliphatic heterocycles. The fourth-order valence-corrected chi connectivity index (χ4v) is 2.96. The summed E-state index contributed by atoms with van der Waals surface area (Å²) in [6, 6.07) is 5.13. The number of hydrazine groups is 1. The molecule has 0 spiro atoms. The summed E-state index contributed by atoms with van der Waals surface area (Å²) < 4.78 is 0. The first-order valence-electron chi connectivity index (χ1n) is 7.88. The van der Waals surface area contributed by atoms with Crippen molar-refractivity contribution in [2.45, 2.75) is 71.8 Å². The molecule has 0 aromatic heterocycles. The normalized spacial score (nSPS) is 17.3. The summed E-state index contributed by atoms with van der Waals surface area (Å²) in [5, 5.41) is 0. The molecule has 1 aliphatic rings. The summed E-state index contributed by atoms with van der Waals surface area (Å²) in [6.45, 7) is 11.3. The number of hydrogen-bond acceptors (Lipinski definition) is 2. The maximum absolute atomic E-state index is 5.75. The zero-order valence-electron chi connectivity index (χ0n) is 13.7. The standard InChI is InChI=1S/C18H30N2/c1-12-8-15(18(3,4)5)9-13(2)17(12)11-16(20-19)10-14-6-7-14/h8-9,14,16,20H,6-7,10-11,19H2,1-5H3. The number of rotatable bonds is 5. The van der Waals surface area contributed by atoms with Crippen molar-refractivity contribution in [3.05, 3.63) is 34.4 Å². The number of nitrogens with one attached hydrogen (secondary N) is 1. The second-order valence-corrected chi connectivity index (χ2v) is 7.59. The van der Waals surface area contributed by atoms with Crippen molar-refractivity contribution < 1.29 is 0 Å². The van der Waals surface area contributed by atoms with Gasteiger partial charge in [0.1, 0.15) is 0 Å². The van der Waals surface area contributed by atoms with Crippen molar-refractivity contribution in [3.63, 3.8) is 0 Å². The molecule has 1 atom stereocenters. The van der Waals surface area contributed by atoms with Crippen molar-refractivity contribution >= 4 is 0 Å². The van der Waals surface area contributed by atoms with Gasteiger partial charge < -0.3 is 0 Å². The summed E-state index contributed by atoms with van der Waals surface area (Å²) >= 11 is 0. The van der Waals surface area contributed by atoms with Crippen LogP contribution in [0.3, 0.4) is 0 Å². The van der Waals surface area contributed by atoms with Crippen LogP contribution in [0.15, 0.2) is 12.1 Å². The number of aryl methyl sites for hydroxylation is 2. The highest BCUT2D eigenvalue weighted by molar-refractivity contribution is 5.41. The number of benzene rings is 1. The molecule has 0 bridgehead atoms. The smallest absolute Gasteiger partial charge is 0.0253 e. The topological polar surface area (TPSA) is 38.0 Å². The van der Waals surface area contributed by atoms with E-state index < -0.39 is 0 Å². The van der Waals surface area contributed by atoms with Crippen LogP contribution in [0.25, 0.3) is 0 Å². The van der Waals surface area contributed by atoms with E-state index >= 15 is 0 Å². The van der Waals surface area contributed by atoms with Crippen LogP contribution < -0.4 is 11.3 Å². The minimum atomic E-state index is 0.216. The van der Waals surface area contributed by atoms with Crippen LogP contribution in [0.1, 0.15) is 62.3 Å². The first-order valence-corrected chi connectivity index (χ1v) is 7.88. The maximum Gasteiger partial charge on any atom is 0.0253 e. The predicted octanol–water partition coefficient (Wildman–Crippen LogP) is 3.78. The van der Waals surface area contributed by atoms with Crippen LogP contribution >= 0.6 is 0 Å². The van der Waals surface area contributed by atoms with E-state index in [4.69, 9.17) is 5.84 Å². The number of nitrogens with two attached hydrogens (primary N) is 1. The highest BCUT2D eigenvalue weighted by Crippen LogP contribution is 2.34. The van der Waals surface area contributed by atoms with Gasteiger partial charge in [0.25, 0.3) is 0 Å². The summed E-state index contributed by atoms with van der Waals surface area (Å²) in [5.41, 5.74) is 8.95. The van der Waals surface area contributed by atoms with Gasteiger partial charge >= 0.3 is 0 Å². The van der Waals surface area contributed by atoms with Gasteiger partial charge in [-0.25, -0.2) is 0 Å². The molecule has 0 saturated heterocycles. The molecule has 20 heavy (non-hydrogen) atoms. The minimum Gasteiger partial charge on any atom is -0.271 e. The Hall–Kier alpha value is -0.860. The van der Waals surface area contributed by atoms with Crippen LogP contribution in [-0.4, -0.2) is 6.04 Å². The van der Waals surface area contributed by atoms with Crippen LogP contribution in [0, 0.1) is 19.8 Å². The molecule has 1 aromatic carbocycles. The van der Waals surface area contributed by atoms with E-state index in [2.05, 4.69) is 52.2 Å². The Morgan fingerprint density at radius 2 is 1.75 bits per heavy atom. The molecule has 1 saturated carbocycles. The Balaban J connectivity index is 2.18. The maximum atomic E-state index is 5.75. The highest BCUT2D eigenvalue weighted by Gasteiger charge is 2.26. The Kier molecular flexibility index (Phi) is 4.55. The lowest BCUT2D eigenvalue weighted by Gasteiger charge is -2.24. The Morgan fingerprint density at radius 3 is 2.15 bits per heavy atom. The molecule has 2 heteroatoms. The van der Waals surface area contributed by atoms with Crippen LogP contribution in [0.4, 0.5) is 0 Å². The fourth-order valence-electron chi connectivity index (χ4n) is 2.96. The van der Waals surface area contributed by atoms with Crippen molar-refractivity contribution in [3.8, 4) is 0 Å². The van der Waals surface area contributed by atoms with Gasteiger partial charge in [-0.2, -0.15) is 0 Å². The fraction of sp³-hybridized carbons (Fsp3) is 0.667. The molecule has 2 rings (SSSR count). The van der Waals surface area contributed by atoms with Gasteiger partial charge in [-0.3, -0.25) is 11.3 Å². The summed E-state index contributed by atoms with van der Waals surface area (Å²) in [5.74, 6) is 6.65. The predicted molar refractivity (Wildman–Crippen MR) is 86.8 cm³/mol. The molecule has 1 unspecified atom stereocenters. The Morgan fingerprint density at radius 1 is 1.20 bits per heavy atom. The average molecular weight is 274 g/mol. The molecule has 2 nitrogen and oxygen atoms in total. The monoisotopic (exact) mass is 274 g/mol. The lowest BCUT2D eigenvalue weighted by molar-refractivity contribution is 0.464. The van der Waals surface area contributed by atoms with Crippen LogP contribution in [-0.2, 0) is 11.8 Å². The quantitative estimate of drug-likeness (QED) is 0.633. The van der Waals surface area contributed by atoms with Gasteiger partial charge in [0.15, 0.2) is 0 Å². The van der Waals surface area contributed by atoms with Gasteiger partial charge in [-0.15, -0.1) is 0 Å². The van der Waals surface area contributed by atoms with E-state index in [9.17, 15) is 0 Å². The molecule has 0 heterocycles. The third kappa shape index (κ3) is 3.83. The van der Waals surface area contributed by atoms with E-state index in [0.717, 1.165) is 12.3 Å². The van der Waals surface area contributed by atoms with Crippen molar-refractivity contribution in [1.29, 1.82) is 0 Å². The minimum absolute atomic E-state index is 0.216. The first kappa shape index (κ1) is 15.5. The largest absolute Gasteiger partial charge is 0.271 e. The molecule has 0 amide bonds. The van der Waals surface area contributed by atoms with Crippen molar-refractivity contribution in [1.82, 2.24) is 5.43 Å². The first-order chi connectivity index (χ1) is 9.31. The van der Waals surface area contributed by atoms with E-state index in [-0.39, 0.29) is 5.41 Å². The molecule has 1 aromatic rings. The summed E-state index contributed by atoms with van der Waals surface area (Å²) in [7, 11) is 0.